The van der Waals surface area contributed by atoms with Crippen molar-refractivity contribution < 1.29 is 9.59 Å². The van der Waals surface area contributed by atoms with Crippen LogP contribution in [0.25, 0.3) is 5.69 Å². The SMILES string of the molecule is C=Nc1cc(-n2cc(CNC(=O)c3cccc(C(=O)NC(C)C)n3)cn2)ccc1C=NC. The Morgan fingerprint density at radius 3 is 2.62 bits per heavy atom. The minimum absolute atomic E-state index is 0.0207. The van der Waals surface area contributed by atoms with Crippen molar-refractivity contribution in [3.63, 3.8) is 0 Å². The molecule has 0 unspecified atom stereocenters. The van der Waals surface area contributed by atoms with E-state index < -0.39 is 0 Å². The number of hydrogen-bond acceptors (Lipinski definition) is 6. The Hall–Kier alpha value is -4.14. The lowest BCUT2D eigenvalue weighted by molar-refractivity contribution is 0.0936. The van der Waals surface area contributed by atoms with Gasteiger partial charge in [-0.25, -0.2) is 9.67 Å². The molecule has 0 aliphatic heterocycles. The van der Waals surface area contributed by atoms with Crippen molar-refractivity contribution in [3.8, 4) is 5.69 Å². The first kappa shape index (κ1) is 22.5. The van der Waals surface area contributed by atoms with Crippen LogP contribution in [-0.2, 0) is 6.54 Å². The lowest BCUT2D eigenvalue weighted by Crippen LogP contribution is -2.31. The molecule has 3 aromatic rings. The standard InChI is InChI=1S/C23H25N7O2/c1-15(2)28-23(32)20-7-5-6-19(29-20)22(31)26-11-16-12-27-30(14-16)18-9-8-17(13-24-3)21(10-18)25-4/h5-10,12-15H,4,11H2,1-3H3,(H,26,31)(H,28,32). The summed E-state index contributed by atoms with van der Waals surface area (Å²) < 4.78 is 1.69. The molecular formula is C23H25N7O2. The molecule has 164 valence electrons. The van der Waals surface area contributed by atoms with Crippen LogP contribution in [-0.4, -0.2) is 52.6 Å². The van der Waals surface area contributed by atoms with Crippen molar-refractivity contribution in [2.75, 3.05) is 7.05 Å². The van der Waals surface area contributed by atoms with Crippen molar-refractivity contribution in [2.45, 2.75) is 26.4 Å². The van der Waals surface area contributed by atoms with E-state index in [9.17, 15) is 9.59 Å². The average Bonchev–Trinajstić information content (AvgIpc) is 3.26. The van der Waals surface area contributed by atoms with Crippen molar-refractivity contribution in [1.29, 1.82) is 0 Å². The number of hydrogen-bond donors (Lipinski definition) is 2. The van der Waals surface area contributed by atoms with E-state index in [0.717, 1.165) is 16.8 Å². The van der Waals surface area contributed by atoms with Gasteiger partial charge < -0.3 is 10.6 Å². The first-order chi connectivity index (χ1) is 15.4. The molecule has 0 aliphatic rings. The lowest BCUT2D eigenvalue weighted by atomic mass is 10.1. The van der Waals surface area contributed by atoms with Gasteiger partial charge in [0.05, 0.1) is 17.6 Å². The third kappa shape index (κ3) is 5.51. The number of pyridine rings is 1. The van der Waals surface area contributed by atoms with Crippen molar-refractivity contribution in [2.24, 2.45) is 9.98 Å². The number of carbonyl (C=O) groups is 2. The second kappa shape index (κ2) is 10.3. The number of aromatic nitrogens is 3. The van der Waals surface area contributed by atoms with E-state index in [0.29, 0.717) is 5.69 Å². The number of aliphatic imine (C=N–C) groups is 2. The van der Waals surface area contributed by atoms with Crippen LogP contribution >= 0.6 is 0 Å². The Morgan fingerprint density at radius 2 is 1.94 bits per heavy atom. The van der Waals surface area contributed by atoms with E-state index >= 15 is 0 Å². The molecule has 32 heavy (non-hydrogen) atoms. The summed E-state index contributed by atoms with van der Waals surface area (Å²) in [4.78, 5) is 36.8. The predicted octanol–water partition coefficient (Wildman–Crippen LogP) is 2.72. The fourth-order valence-electron chi connectivity index (χ4n) is 2.95. The molecule has 0 spiro atoms. The number of benzene rings is 1. The summed E-state index contributed by atoms with van der Waals surface area (Å²) in [6.45, 7) is 7.58. The van der Waals surface area contributed by atoms with Crippen molar-refractivity contribution >= 4 is 30.4 Å². The minimum Gasteiger partial charge on any atom is -0.349 e. The van der Waals surface area contributed by atoms with Gasteiger partial charge in [0.15, 0.2) is 0 Å². The molecule has 0 saturated carbocycles. The summed E-state index contributed by atoms with van der Waals surface area (Å²) in [6, 6.07) is 10.4. The second-order valence-electron chi connectivity index (χ2n) is 7.30. The van der Waals surface area contributed by atoms with Crippen LogP contribution in [0.3, 0.4) is 0 Å². The van der Waals surface area contributed by atoms with Gasteiger partial charge in [-0.1, -0.05) is 6.07 Å². The topological polar surface area (TPSA) is 114 Å². The smallest absolute Gasteiger partial charge is 0.270 e. The van der Waals surface area contributed by atoms with Crippen LogP contribution in [0.4, 0.5) is 5.69 Å². The van der Waals surface area contributed by atoms with Crippen molar-refractivity contribution in [3.05, 3.63) is 71.3 Å². The third-order valence-electron chi connectivity index (χ3n) is 4.44. The molecule has 0 aliphatic carbocycles. The molecule has 0 radical (unpaired) electrons. The quantitative estimate of drug-likeness (QED) is 0.534. The molecule has 0 atom stereocenters. The molecule has 9 heteroatoms. The summed E-state index contributed by atoms with van der Waals surface area (Å²) in [5.41, 5.74) is 3.54. The molecule has 0 saturated heterocycles. The van der Waals surface area contributed by atoms with Crippen LogP contribution in [0.15, 0.2) is 58.8 Å². The minimum atomic E-state index is -0.377. The van der Waals surface area contributed by atoms with E-state index in [1.807, 2.05) is 38.2 Å². The normalized spacial score (nSPS) is 11.0. The number of carbonyl (C=O) groups excluding carboxylic acids is 2. The predicted molar refractivity (Wildman–Crippen MR) is 124 cm³/mol. The number of nitrogens with one attached hydrogen (secondary N) is 2. The molecule has 2 aromatic heterocycles. The van der Waals surface area contributed by atoms with Gasteiger partial charge in [-0.15, -0.1) is 0 Å². The van der Waals surface area contributed by atoms with Gasteiger partial charge in [0.25, 0.3) is 11.8 Å². The fourth-order valence-corrected chi connectivity index (χ4v) is 2.95. The molecular weight excluding hydrogens is 406 g/mol. The maximum absolute atomic E-state index is 12.5. The Labute approximate surface area is 186 Å². The first-order valence-electron chi connectivity index (χ1n) is 10.0. The Morgan fingerprint density at radius 1 is 1.19 bits per heavy atom. The van der Waals surface area contributed by atoms with Crippen LogP contribution in [0.1, 0.15) is 46.0 Å². The number of nitrogens with zero attached hydrogens (tertiary/aromatic N) is 5. The van der Waals surface area contributed by atoms with Gasteiger partial charge in [0.1, 0.15) is 11.4 Å². The third-order valence-corrected chi connectivity index (χ3v) is 4.44. The van der Waals surface area contributed by atoms with Gasteiger partial charge in [0, 0.05) is 43.2 Å². The van der Waals surface area contributed by atoms with E-state index in [4.69, 9.17) is 0 Å². The maximum atomic E-state index is 12.5. The molecule has 0 bridgehead atoms. The van der Waals surface area contributed by atoms with Gasteiger partial charge >= 0.3 is 0 Å². The van der Waals surface area contributed by atoms with Crippen LogP contribution in [0, 0.1) is 0 Å². The monoisotopic (exact) mass is 431 g/mol. The van der Waals surface area contributed by atoms with E-state index in [1.54, 1.807) is 42.3 Å². The Bertz CT molecular complexity index is 1160. The second-order valence-corrected chi connectivity index (χ2v) is 7.30. The highest BCUT2D eigenvalue weighted by atomic mass is 16.2. The highest BCUT2D eigenvalue weighted by molar-refractivity contribution is 5.96. The molecule has 2 N–H and O–H groups in total. The zero-order valence-electron chi connectivity index (χ0n) is 18.2. The first-order valence-corrected chi connectivity index (χ1v) is 10.0. The molecule has 9 nitrogen and oxygen atoms in total. The highest BCUT2D eigenvalue weighted by Crippen LogP contribution is 2.21. The number of amides is 2. The van der Waals surface area contributed by atoms with Crippen LogP contribution in [0.2, 0.25) is 0 Å². The Kier molecular flexibility index (Phi) is 7.22. The molecule has 2 amide bonds. The van der Waals surface area contributed by atoms with E-state index in [1.165, 1.54) is 0 Å². The maximum Gasteiger partial charge on any atom is 0.270 e. The summed E-state index contributed by atoms with van der Waals surface area (Å²) >= 11 is 0. The van der Waals surface area contributed by atoms with E-state index in [2.05, 4.69) is 37.4 Å². The summed E-state index contributed by atoms with van der Waals surface area (Å²) in [6.07, 6.45) is 5.20. The summed E-state index contributed by atoms with van der Waals surface area (Å²) in [5.74, 6) is -0.696. The zero-order chi connectivity index (χ0) is 23.1. The highest BCUT2D eigenvalue weighted by Gasteiger charge is 2.13. The largest absolute Gasteiger partial charge is 0.349 e. The van der Waals surface area contributed by atoms with Gasteiger partial charge in [-0.2, -0.15) is 5.10 Å². The fraction of sp³-hybridized carbons (Fsp3) is 0.217. The summed E-state index contributed by atoms with van der Waals surface area (Å²) in [5, 5.41) is 9.92. The summed E-state index contributed by atoms with van der Waals surface area (Å²) in [7, 11) is 1.70. The lowest BCUT2D eigenvalue weighted by Gasteiger charge is -2.09. The van der Waals surface area contributed by atoms with Crippen LogP contribution in [0.5, 0.6) is 0 Å². The van der Waals surface area contributed by atoms with Gasteiger partial charge in [-0.3, -0.25) is 19.6 Å². The molecule has 3 rings (SSSR count). The van der Waals surface area contributed by atoms with E-state index in [-0.39, 0.29) is 35.8 Å². The van der Waals surface area contributed by atoms with Crippen molar-refractivity contribution in [1.82, 2.24) is 25.4 Å². The molecule has 0 fully saturated rings. The number of rotatable bonds is 8. The Balaban J connectivity index is 1.67. The molecule has 1 aromatic carbocycles. The molecule has 2 heterocycles. The zero-order valence-corrected chi connectivity index (χ0v) is 18.2. The van der Waals surface area contributed by atoms with Crippen LogP contribution < -0.4 is 10.6 Å². The average molecular weight is 432 g/mol. The van der Waals surface area contributed by atoms with Gasteiger partial charge in [-0.05, 0) is 50.9 Å². The van der Waals surface area contributed by atoms with Gasteiger partial charge in [0.2, 0.25) is 0 Å².